The van der Waals surface area contributed by atoms with Gasteiger partial charge in [0.25, 0.3) is 0 Å². The molecule has 19 heavy (non-hydrogen) atoms. The van der Waals surface area contributed by atoms with Crippen LogP contribution in [0.25, 0.3) is 0 Å². The summed E-state index contributed by atoms with van der Waals surface area (Å²) in [5, 5.41) is 4.32. The summed E-state index contributed by atoms with van der Waals surface area (Å²) in [5.41, 5.74) is 1.89. The third-order valence-electron chi connectivity index (χ3n) is 2.69. The SMILES string of the molecule is CCNC(CSc1ccc(Cl)cc1)Cc1cncs1. The molecule has 1 unspecified atom stereocenters. The van der Waals surface area contributed by atoms with Crippen molar-refractivity contribution in [1.29, 1.82) is 0 Å². The number of hydrogen-bond donors (Lipinski definition) is 1. The first kappa shape index (κ1) is 14.9. The number of benzene rings is 1. The minimum absolute atomic E-state index is 0.478. The van der Waals surface area contributed by atoms with Gasteiger partial charge in [0.1, 0.15) is 0 Å². The Hall–Kier alpha value is -0.550. The maximum Gasteiger partial charge on any atom is 0.0794 e. The molecule has 1 atom stereocenters. The van der Waals surface area contributed by atoms with E-state index in [2.05, 4.69) is 29.4 Å². The summed E-state index contributed by atoms with van der Waals surface area (Å²) in [7, 11) is 0. The lowest BCUT2D eigenvalue weighted by atomic mass is 10.2. The first-order valence-electron chi connectivity index (χ1n) is 6.27. The van der Waals surface area contributed by atoms with Gasteiger partial charge < -0.3 is 5.32 Å². The number of halogens is 1. The summed E-state index contributed by atoms with van der Waals surface area (Å²) in [4.78, 5) is 6.73. The van der Waals surface area contributed by atoms with E-state index in [4.69, 9.17) is 11.6 Å². The van der Waals surface area contributed by atoms with Gasteiger partial charge in [0.2, 0.25) is 0 Å². The summed E-state index contributed by atoms with van der Waals surface area (Å²) < 4.78 is 0. The molecule has 0 bridgehead atoms. The summed E-state index contributed by atoms with van der Waals surface area (Å²) in [6, 6.07) is 8.50. The van der Waals surface area contributed by atoms with Gasteiger partial charge >= 0.3 is 0 Å². The fourth-order valence-corrected chi connectivity index (χ4v) is 3.55. The molecule has 0 saturated carbocycles. The van der Waals surface area contributed by atoms with Gasteiger partial charge in [-0.15, -0.1) is 23.1 Å². The first-order chi connectivity index (χ1) is 9.28. The molecule has 0 aliphatic carbocycles. The number of nitrogens with zero attached hydrogens (tertiary/aromatic N) is 1. The summed E-state index contributed by atoms with van der Waals surface area (Å²) >= 11 is 9.48. The van der Waals surface area contributed by atoms with Crippen molar-refractivity contribution in [3.63, 3.8) is 0 Å². The van der Waals surface area contributed by atoms with Crippen molar-refractivity contribution >= 4 is 34.7 Å². The first-order valence-corrected chi connectivity index (χ1v) is 8.51. The van der Waals surface area contributed by atoms with Crippen molar-refractivity contribution in [3.8, 4) is 0 Å². The van der Waals surface area contributed by atoms with Gasteiger partial charge in [-0.05, 0) is 37.2 Å². The Morgan fingerprint density at radius 1 is 1.37 bits per heavy atom. The molecule has 102 valence electrons. The average molecular weight is 313 g/mol. The largest absolute Gasteiger partial charge is 0.313 e. The normalized spacial score (nSPS) is 12.5. The molecule has 0 spiro atoms. The van der Waals surface area contributed by atoms with Gasteiger partial charge in [0.15, 0.2) is 0 Å². The van der Waals surface area contributed by atoms with Crippen LogP contribution in [-0.2, 0) is 6.42 Å². The Bertz CT molecular complexity index is 471. The van der Waals surface area contributed by atoms with Crippen molar-refractivity contribution in [1.82, 2.24) is 10.3 Å². The number of nitrogens with one attached hydrogen (secondary N) is 1. The molecule has 1 aromatic heterocycles. The van der Waals surface area contributed by atoms with Gasteiger partial charge in [-0.1, -0.05) is 18.5 Å². The highest BCUT2D eigenvalue weighted by atomic mass is 35.5. The van der Waals surface area contributed by atoms with E-state index in [-0.39, 0.29) is 0 Å². The molecule has 1 aromatic carbocycles. The van der Waals surface area contributed by atoms with Crippen LogP contribution in [0.5, 0.6) is 0 Å². The summed E-state index contributed by atoms with van der Waals surface area (Å²) in [6.45, 7) is 3.14. The Kier molecular flexibility index (Phi) is 6.17. The number of hydrogen-bond acceptors (Lipinski definition) is 4. The Labute approximate surface area is 127 Å². The van der Waals surface area contributed by atoms with Crippen LogP contribution < -0.4 is 5.32 Å². The average Bonchev–Trinajstić information content (AvgIpc) is 2.91. The maximum absolute atomic E-state index is 5.89. The predicted molar refractivity (Wildman–Crippen MR) is 85.5 cm³/mol. The number of thioether (sulfide) groups is 1. The third-order valence-corrected chi connectivity index (χ3v) is 4.92. The van der Waals surface area contributed by atoms with Crippen LogP contribution in [0.1, 0.15) is 11.8 Å². The van der Waals surface area contributed by atoms with Crippen molar-refractivity contribution < 1.29 is 0 Å². The predicted octanol–water partition coefficient (Wildman–Crippen LogP) is 4.11. The zero-order chi connectivity index (χ0) is 13.5. The molecule has 0 amide bonds. The molecule has 2 aromatic rings. The Morgan fingerprint density at radius 3 is 2.79 bits per heavy atom. The molecular weight excluding hydrogens is 296 g/mol. The lowest BCUT2D eigenvalue weighted by molar-refractivity contribution is 0.576. The second-order valence-electron chi connectivity index (χ2n) is 4.19. The number of thiazole rings is 1. The molecule has 2 rings (SSSR count). The Balaban J connectivity index is 1.87. The zero-order valence-corrected chi connectivity index (χ0v) is 13.2. The van der Waals surface area contributed by atoms with Crippen molar-refractivity contribution in [2.24, 2.45) is 0 Å². The lowest BCUT2D eigenvalue weighted by Crippen LogP contribution is -2.32. The number of rotatable bonds is 7. The monoisotopic (exact) mass is 312 g/mol. The lowest BCUT2D eigenvalue weighted by Gasteiger charge is -2.16. The van der Waals surface area contributed by atoms with E-state index in [0.717, 1.165) is 23.7 Å². The second kappa shape index (κ2) is 7.90. The smallest absolute Gasteiger partial charge is 0.0794 e. The van der Waals surface area contributed by atoms with Crippen LogP contribution in [-0.4, -0.2) is 23.3 Å². The second-order valence-corrected chi connectivity index (χ2v) is 6.69. The van der Waals surface area contributed by atoms with Gasteiger partial charge in [0.05, 0.1) is 5.51 Å². The van der Waals surface area contributed by atoms with Crippen LogP contribution in [0.3, 0.4) is 0 Å². The standard InChI is InChI=1S/C14H17ClN2S2/c1-2-17-12(7-14-8-16-10-19-14)9-18-13-5-3-11(15)4-6-13/h3-6,8,10,12,17H,2,7,9H2,1H3. The minimum Gasteiger partial charge on any atom is -0.313 e. The quantitative estimate of drug-likeness (QED) is 0.779. The van der Waals surface area contributed by atoms with Gasteiger partial charge in [0, 0.05) is 32.8 Å². The van der Waals surface area contributed by atoms with E-state index < -0.39 is 0 Å². The molecule has 1 N–H and O–H groups in total. The molecule has 0 fully saturated rings. The van der Waals surface area contributed by atoms with E-state index in [1.807, 2.05) is 35.6 Å². The van der Waals surface area contributed by atoms with Crippen molar-refractivity contribution in [2.75, 3.05) is 12.3 Å². The fourth-order valence-electron chi connectivity index (χ4n) is 1.79. The number of likely N-dealkylation sites (N-methyl/N-ethyl adjacent to an activating group) is 1. The van der Waals surface area contributed by atoms with E-state index in [1.165, 1.54) is 9.77 Å². The van der Waals surface area contributed by atoms with Gasteiger partial charge in [-0.25, -0.2) is 0 Å². The molecule has 5 heteroatoms. The van der Waals surface area contributed by atoms with E-state index >= 15 is 0 Å². The highest BCUT2D eigenvalue weighted by molar-refractivity contribution is 7.99. The van der Waals surface area contributed by atoms with Gasteiger partial charge in [-0.3, -0.25) is 4.98 Å². The van der Waals surface area contributed by atoms with Crippen LogP contribution in [0.4, 0.5) is 0 Å². The van der Waals surface area contributed by atoms with Crippen LogP contribution in [0, 0.1) is 0 Å². The van der Waals surface area contributed by atoms with Crippen molar-refractivity contribution in [3.05, 3.63) is 45.9 Å². The highest BCUT2D eigenvalue weighted by Gasteiger charge is 2.10. The summed E-state index contributed by atoms with van der Waals surface area (Å²) in [5.74, 6) is 1.05. The maximum atomic E-state index is 5.89. The van der Waals surface area contributed by atoms with E-state index in [1.54, 1.807) is 11.3 Å². The minimum atomic E-state index is 0.478. The van der Waals surface area contributed by atoms with E-state index in [0.29, 0.717) is 6.04 Å². The molecule has 0 radical (unpaired) electrons. The van der Waals surface area contributed by atoms with Crippen molar-refractivity contribution in [2.45, 2.75) is 24.3 Å². The number of aromatic nitrogens is 1. The molecule has 2 nitrogen and oxygen atoms in total. The van der Waals surface area contributed by atoms with Crippen LogP contribution in [0.15, 0.2) is 40.9 Å². The van der Waals surface area contributed by atoms with E-state index in [9.17, 15) is 0 Å². The van der Waals surface area contributed by atoms with Crippen LogP contribution >= 0.6 is 34.7 Å². The van der Waals surface area contributed by atoms with Crippen LogP contribution in [0.2, 0.25) is 5.02 Å². The summed E-state index contributed by atoms with van der Waals surface area (Å²) in [6.07, 6.45) is 3.00. The Morgan fingerprint density at radius 2 is 2.16 bits per heavy atom. The molecule has 1 heterocycles. The molecular formula is C14H17ClN2S2. The topological polar surface area (TPSA) is 24.9 Å². The molecule has 0 aliphatic heterocycles. The fraction of sp³-hybridized carbons (Fsp3) is 0.357. The zero-order valence-electron chi connectivity index (χ0n) is 10.8. The molecule has 0 saturated heterocycles. The third kappa shape index (κ3) is 5.15. The highest BCUT2D eigenvalue weighted by Crippen LogP contribution is 2.22. The van der Waals surface area contributed by atoms with Gasteiger partial charge in [-0.2, -0.15) is 0 Å². The molecule has 0 aliphatic rings.